The summed E-state index contributed by atoms with van der Waals surface area (Å²) in [5.74, 6) is 0. The molecule has 1 radical (unpaired) electrons. The molecular formula is C14H7N2O3. The van der Waals surface area contributed by atoms with Gasteiger partial charge in [0.05, 0.1) is 10.6 Å². The number of fused-ring (bicyclic) bond motifs is 3. The van der Waals surface area contributed by atoms with Gasteiger partial charge >= 0.3 is 0 Å². The summed E-state index contributed by atoms with van der Waals surface area (Å²) in [7, 11) is 0. The van der Waals surface area contributed by atoms with E-state index < -0.39 is 4.92 Å². The number of non-ortho nitro benzene ring substituents is 1. The molecule has 0 heterocycles. The van der Waals surface area contributed by atoms with Gasteiger partial charge in [-0.2, -0.15) is 4.99 Å². The summed E-state index contributed by atoms with van der Waals surface area (Å²) in [6.07, 6.45) is 2.04. The zero-order valence-corrected chi connectivity index (χ0v) is 9.71. The minimum Gasteiger partial charge on any atom is -0.258 e. The van der Waals surface area contributed by atoms with Gasteiger partial charge < -0.3 is 0 Å². The van der Waals surface area contributed by atoms with Crippen LogP contribution in [0.15, 0.2) is 35.3 Å². The highest BCUT2D eigenvalue weighted by atomic mass is 16.6. The van der Waals surface area contributed by atoms with E-state index in [1.54, 1.807) is 18.2 Å². The standard InChI is InChI=1S/C14H7N2O3/c17-8-15-11-1-3-13-9(6-11)5-10-7-12(16(18)19)2-4-14(10)13/h1-4,7H,5H2. The topological polar surface area (TPSA) is 72.6 Å². The highest BCUT2D eigenvalue weighted by Gasteiger charge is 2.21. The third-order valence-electron chi connectivity index (χ3n) is 3.14. The van der Waals surface area contributed by atoms with Crippen molar-refractivity contribution < 1.29 is 9.72 Å². The van der Waals surface area contributed by atoms with E-state index in [0.29, 0.717) is 12.1 Å². The van der Waals surface area contributed by atoms with E-state index in [0.717, 1.165) is 22.3 Å². The summed E-state index contributed by atoms with van der Waals surface area (Å²) in [5, 5.41) is 10.8. The van der Waals surface area contributed by atoms with Crippen molar-refractivity contribution in [2.75, 3.05) is 0 Å². The Balaban J connectivity index is 2.10. The minimum absolute atomic E-state index is 0.0812. The molecule has 91 valence electrons. The maximum absolute atomic E-state index is 10.8. The van der Waals surface area contributed by atoms with Gasteiger partial charge in [0.2, 0.25) is 6.08 Å². The summed E-state index contributed by atoms with van der Waals surface area (Å²) < 4.78 is 0. The molecule has 5 heteroatoms. The molecular weight excluding hydrogens is 244 g/mol. The van der Waals surface area contributed by atoms with E-state index in [1.807, 2.05) is 6.07 Å². The maximum atomic E-state index is 10.8. The van der Waals surface area contributed by atoms with Crippen LogP contribution in [0.1, 0.15) is 11.1 Å². The fourth-order valence-electron chi connectivity index (χ4n) is 2.33. The van der Waals surface area contributed by atoms with Gasteiger partial charge in [0, 0.05) is 18.2 Å². The van der Waals surface area contributed by atoms with Crippen molar-refractivity contribution in [2.24, 2.45) is 4.99 Å². The van der Waals surface area contributed by atoms with Crippen LogP contribution in [-0.4, -0.2) is 11.0 Å². The number of aliphatic imine (C=N–C) groups is 1. The van der Waals surface area contributed by atoms with E-state index in [4.69, 9.17) is 0 Å². The Kier molecular flexibility index (Phi) is 2.47. The molecule has 0 aromatic heterocycles. The van der Waals surface area contributed by atoms with Crippen molar-refractivity contribution in [2.45, 2.75) is 6.42 Å². The number of carbonyl (C=O) groups excluding carboxylic acids is 1. The van der Waals surface area contributed by atoms with Crippen molar-refractivity contribution in [1.29, 1.82) is 0 Å². The fourth-order valence-corrected chi connectivity index (χ4v) is 2.33. The number of nitro benzene ring substituents is 1. The van der Waals surface area contributed by atoms with Crippen molar-refractivity contribution in [1.82, 2.24) is 0 Å². The summed E-state index contributed by atoms with van der Waals surface area (Å²) >= 11 is 0. The first-order valence-electron chi connectivity index (χ1n) is 5.60. The van der Waals surface area contributed by atoms with Crippen LogP contribution < -0.4 is 0 Å². The predicted molar refractivity (Wildman–Crippen MR) is 68.0 cm³/mol. The second-order valence-electron chi connectivity index (χ2n) is 4.21. The molecule has 19 heavy (non-hydrogen) atoms. The average Bonchev–Trinajstić information content (AvgIpc) is 2.75. The fraction of sp³-hybridized carbons (Fsp3) is 0.0714. The number of hydrogen-bond acceptors (Lipinski definition) is 4. The molecule has 2 aromatic carbocycles. The van der Waals surface area contributed by atoms with Crippen LogP contribution in [0.3, 0.4) is 0 Å². The SMILES string of the molecule is O=C=Nc1[c]c2c(cc1)-c1ccc([N+](=O)[O-])cc1C2. The van der Waals surface area contributed by atoms with Crippen molar-refractivity contribution in [3.05, 3.63) is 57.6 Å². The smallest absolute Gasteiger partial charge is 0.258 e. The first kappa shape index (κ1) is 11.3. The van der Waals surface area contributed by atoms with Crippen LogP contribution in [0.25, 0.3) is 11.1 Å². The zero-order valence-electron chi connectivity index (χ0n) is 9.71. The number of rotatable bonds is 2. The number of benzene rings is 2. The molecule has 3 rings (SSSR count). The second-order valence-corrected chi connectivity index (χ2v) is 4.21. The van der Waals surface area contributed by atoms with Crippen LogP contribution in [0.4, 0.5) is 11.4 Å². The van der Waals surface area contributed by atoms with Gasteiger partial charge in [-0.3, -0.25) is 10.1 Å². The molecule has 0 spiro atoms. The Morgan fingerprint density at radius 3 is 2.79 bits per heavy atom. The third-order valence-corrected chi connectivity index (χ3v) is 3.14. The summed E-state index contributed by atoms with van der Waals surface area (Å²) in [6.45, 7) is 0. The minimum atomic E-state index is -0.408. The van der Waals surface area contributed by atoms with Crippen molar-refractivity contribution in [3.8, 4) is 11.1 Å². The molecule has 1 aliphatic carbocycles. The maximum Gasteiger partial charge on any atom is 0.269 e. The molecule has 0 bridgehead atoms. The molecule has 0 fully saturated rings. The lowest BCUT2D eigenvalue weighted by Crippen LogP contribution is -1.89. The van der Waals surface area contributed by atoms with Gasteiger partial charge in [0.25, 0.3) is 5.69 Å². The predicted octanol–water partition coefficient (Wildman–Crippen LogP) is 2.93. The molecule has 0 atom stereocenters. The summed E-state index contributed by atoms with van der Waals surface area (Å²) in [4.78, 5) is 24.1. The first-order chi connectivity index (χ1) is 9.19. The average molecular weight is 251 g/mol. The summed E-state index contributed by atoms with van der Waals surface area (Å²) in [6, 6.07) is 11.4. The van der Waals surface area contributed by atoms with Crippen molar-refractivity contribution >= 4 is 17.5 Å². The van der Waals surface area contributed by atoms with E-state index in [9.17, 15) is 14.9 Å². The lowest BCUT2D eigenvalue weighted by Gasteiger charge is -2.00. The zero-order chi connectivity index (χ0) is 13.4. The Morgan fingerprint density at radius 2 is 2.05 bits per heavy atom. The third kappa shape index (κ3) is 1.82. The lowest BCUT2D eigenvalue weighted by molar-refractivity contribution is -0.384. The van der Waals surface area contributed by atoms with E-state index in [1.165, 1.54) is 12.1 Å². The second kappa shape index (κ2) is 4.15. The van der Waals surface area contributed by atoms with Gasteiger partial charge in [-0.1, -0.05) is 6.07 Å². The molecule has 0 amide bonds. The van der Waals surface area contributed by atoms with Crippen LogP contribution in [-0.2, 0) is 11.2 Å². The molecule has 0 aliphatic heterocycles. The van der Waals surface area contributed by atoms with E-state index >= 15 is 0 Å². The Bertz CT molecular complexity index is 697. The Morgan fingerprint density at radius 1 is 1.26 bits per heavy atom. The molecule has 5 nitrogen and oxygen atoms in total. The number of isocyanates is 1. The molecule has 0 unspecified atom stereocenters. The molecule has 0 saturated carbocycles. The lowest BCUT2D eigenvalue weighted by atomic mass is 10.1. The number of nitro groups is 1. The largest absolute Gasteiger partial charge is 0.269 e. The van der Waals surface area contributed by atoms with Crippen LogP contribution in [0.2, 0.25) is 0 Å². The number of nitrogens with zero attached hydrogens (tertiary/aromatic N) is 2. The van der Waals surface area contributed by atoms with Gasteiger partial charge in [0.1, 0.15) is 0 Å². The Labute approximate surface area is 108 Å². The first-order valence-corrected chi connectivity index (χ1v) is 5.60. The van der Waals surface area contributed by atoms with E-state index in [-0.39, 0.29) is 5.69 Å². The quantitative estimate of drug-likeness (QED) is 0.304. The van der Waals surface area contributed by atoms with Crippen LogP contribution in [0.5, 0.6) is 0 Å². The summed E-state index contributed by atoms with van der Waals surface area (Å²) in [5.41, 5.74) is 4.25. The van der Waals surface area contributed by atoms with Crippen LogP contribution in [0, 0.1) is 16.2 Å². The highest BCUT2D eigenvalue weighted by Crippen LogP contribution is 2.39. The Hall–Kier alpha value is -2.78. The molecule has 0 saturated heterocycles. The molecule has 1 aliphatic rings. The van der Waals surface area contributed by atoms with Gasteiger partial charge in [-0.25, -0.2) is 4.79 Å². The van der Waals surface area contributed by atoms with Gasteiger partial charge in [-0.05, 0) is 40.8 Å². The highest BCUT2D eigenvalue weighted by molar-refractivity contribution is 5.79. The number of hydrogen-bond donors (Lipinski definition) is 0. The molecule has 0 N–H and O–H groups in total. The van der Waals surface area contributed by atoms with Gasteiger partial charge in [0.15, 0.2) is 0 Å². The monoisotopic (exact) mass is 251 g/mol. The van der Waals surface area contributed by atoms with Crippen molar-refractivity contribution in [3.63, 3.8) is 0 Å². The normalized spacial score (nSPS) is 11.4. The van der Waals surface area contributed by atoms with E-state index in [2.05, 4.69) is 11.1 Å². The van der Waals surface area contributed by atoms with Gasteiger partial charge in [-0.15, -0.1) is 0 Å². The molecule has 2 aromatic rings. The van der Waals surface area contributed by atoms with Crippen LogP contribution >= 0.6 is 0 Å².